The van der Waals surface area contributed by atoms with Gasteiger partial charge in [-0.2, -0.15) is 0 Å². The van der Waals surface area contributed by atoms with E-state index in [1.165, 1.54) is 31.5 Å². The van der Waals surface area contributed by atoms with Crippen LogP contribution in [0, 0.1) is 0 Å². The fourth-order valence-corrected chi connectivity index (χ4v) is 2.03. The molecule has 1 fully saturated rings. The highest BCUT2D eigenvalue weighted by molar-refractivity contribution is 5.44. The molecule has 0 saturated carbocycles. The first-order chi connectivity index (χ1) is 7.88. The minimum absolute atomic E-state index is 1.06. The van der Waals surface area contributed by atoms with E-state index in [1.54, 1.807) is 0 Å². The van der Waals surface area contributed by atoms with Crippen molar-refractivity contribution in [2.24, 2.45) is 0 Å². The summed E-state index contributed by atoms with van der Waals surface area (Å²) in [5.74, 6) is 0. The lowest BCUT2D eigenvalue weighted by molar-refractivity contribution is 0.378. The SMILES string of the molecule is CCc1ccc(/C=C/CN2CCCC2)nc1. The van der Waals surface area contributed by atoms with Gasteiger partial charge in [-0.15, -0.1) is 0 Å². The van der Waals surface area contributed by atoms with Crippen molar-refractivity contribution in [3.05, 3.63) is 35.7 Å². The molecule has 0 amide bonds. The summed E-state index contributed by atoms with van der Waals surface area (Å²) in [7, 11) is 0. The van der Waals surface area contributed by atoms with Crippen molar-refractivity contribution >= 4 is 6.08 Å². The van der Waals surface area contributed by atoms with Crippen LogP contribution in [0.5, 0.6) is 0 Å². The predicted molar refractivity (Wildman–Crippen MR) is 68.3 cm³/mol. The van der Waals surface area contributed by atoms with Gasteiger partial charge >= 0.3 is 0 Å². The maximum Gasteiger partial charge on any atom is 0.0627 e. The van der Waals surface area contributed by atoms with Gasteiger partial charge in [0.2, 0.25) is 0 Å². The van der Waals surface area contributed by atoms with Crippen LogP contribution in [0.3, 0.4) is 0 Å². The van der Waals surface area contributed by atoms with E-state index in [2.05, 4.69) is 41.1 Å². The minimum atomic E-state index is 1.06. The molecular weight excluding hydrogens is 196 g/mol. The molecule has 0 aliphatic carbocycles. The van der Waals surface area contributed by atoms with E-state index in [-0.39, 0.29) is 0 Å². The highest BCUT2D eigenvalue weighted by atomic mass is 15.1. The van der Waals surface area contributed by atoms with Crippen molar-refractivity contribution in [3.63, 3.8) is 0 Å². The number of aromatic nitrogens is 1. The summed E-state index contributed by atoms with van der Waals surface area (Å²) >= 11 is 0. The second-order valence-electron chi connectivity index (χ2n) is 4.35. The van der Waals surface area contributed by atoms with Crippen LogP contribution in [0.1, 0.15) is 31.0 Å². The van der Waals surface area contributed by atoms with Gasteiger partial charge in [-0.05, 0) is 50.1 Å². The Morgan fingerprint density at radius 3 is 2.75 bits per heavy atom. The first-order valence-electron chi connectivity index (χ1n) is 6.22. The Kier molecular flexibility index (Phi) is 4.11. The quantitative estimate of drug-likeness (QED) is 0.769. The molecule has 1 aliphatic rings. The molecule has 2 nitrogen and oxygen atoms in total. The smallest absolute Gasteiger partial charge is 0.0627 e. The van der Waals surface area contributed by atoms with Crippen LogP contribution in [-0.2, 0) is 6.42 Å². The van der Waals surface area contributed by atoms with Crippen LogP contribution < -0.4 is 0 Å². The molecule has 0 spiro atoms. The lowest BCUT2D eigenvalue weighted by Gasteiger charge is -2.10. The van der Waals surface area contributed by atoms with Crippen molar-refractivity contribution < 1.29 is 0 Å². The molecule has 0 N–H and O–H groups in total. The summed E-state index contributed by atoms with van der Waals surface area (Å²) in [6, 6.07) is 4.25. The van der Waals surface area contributed by atoms with Gasteiger partial charge in [-0.25, -0.2) is 0 Å². The van der Waals surface area contributed by atoms with E-state index in [0.29, 0.717) is 0 Å². The zero-order valence-corrected chi connectivity index (χ0v) is 10.0. The monoisotopic (exact) mass is 216 g/mol. The standard InChI is InChI=1S/C14H20N2/c1-2-13-7-8-14(15-12-13)6-5-11-16-9-3-4-10-16/h5-8,12H,2-4,9-11H2,1H3/b6-5+. The summed E-state index contributed by atoms with van der Waals surface area (Å²) in [6.07, 6.45) is 10.1. The largest absolute Gasteiger partial charge is 0.300 e. The average Bonchev–Trinajstić information content (AvgIpc) is 2.83. The van der Waals surface area contributed by atoms with E-state index in [4.69, 9.17) is 0 Å². The Labute approximate surface area is 98.0 Å². The van der Waals surface area contributed by atoms with Crippen LogP contribution in [0.2, 0.25) is 0 Å². The second-order valence-corrected chi connectivity index (χ2v) is 4.35. The molecule has 0 aromatic carbocycles. The molecule has 2 rings (SSSR count). The Hall–Kier alpha value is -1.15. The third-order valence-corrected chi connectivity index (χ3v) is 3.11. The lowest BCUT2D eigenvalue weighted by atomic mass is 10.2. The van der Waals surface area contributed by atoms with Crippen molar-refractivity contribution in [2.75, 3.05) is 19.6 Å². The first-order valence-corrected chi connectivity index (χ1v) is 6.22. The Bertz CT molecular complexity index is 334. The molecule has 1 aromatic heterocycles. The first kappa shape index (κ1) is 11.3. The molecule has 0 bridgehead atoms. The lowest BCUT2D eigenvalue weighted by Crippen LogP contribution is -2.18. The van der Waals surface area contributed by atoms with Gasteiger partial charge in [0.15, 0.2) is 0 Å². The summed E-state index contributed by atoms with van der Waals surface area (Å²) in [4.78, 5) is 6.89. The highest BCUT2D eigenvalue weighted by Crippen LogP contribution is 2.07. The maximum absolute atomic E-state index is 4.41. The van der Waals surface area contributed by atoms with Crippen LogP contribution >= 0.6 is 0 Å². The normalized spacial score (nSPS) is 17.3. The van der Waals surface area contributed by atoms with Gasteiger partial charge in [-0.1, -0.05) is 19.1 Å². The Morgan fingerprint density at radius 2 is 2.12 bits per heavy atom. The van der Waals surface area contributed by atoms with Gasteiger partial charge in [0, 0.05) is 12.7 Å². The van der Waals surface area contributed by atoms with Gasteiger partial charge in [0.25, 0.3) is 0 Å². The Morgan fingerprint density at radius 1 is 1.31 bits per heavy atom. The molecule has 1 aromatic rings. The number of likely N-dealkylation sites (tertiary alicyclic amines) is 1. The van der Waals surface area contributed by atoms with Gasteiger partial charge in [0.05, 0.1) is 5.69 Å². The maximum atomic E-state index is 4.41. The fraction of sp³-hybridized carbons (Fsp3) is 0.500. The molecule has 2 heteroatoms. The van der Waals surface area contributed by atoms with Gasteiger partial charge in [-0.3, -0.25) is 9.88 Å². The molecule has 2 heterocycles. The molecule has 0 atom stereocenters. The number of nitrogens with zero attached hydrogens (tertiary/aromatic N) is 2. The molecule has 86 valence electrons. The summed E-state index contributed by atoms with van der Waals surface area (Å²) in [6.45, 7) is 5.73. The number of aryl methyl sites for hydroxylation is 1. The molecule has 1 saturated heterocycles. The molecular formula is C14H20N2. The third kappa shape index (κ3) is 3.17. The van der Waals surface area contributed by atoms with Gasteiger partial charge < -0.3 is 0 Å². The van der Waals surface area contributed by atoms with E-state index in [0.717, 1.165) is 18.7 Å². The van der Waals surface area contributed by atoms with Crippen LogP contribution in [0.4, 0.5) is 0 Å². The molecule has 1 aliphatic heterocycles. The van der Waals surface area contributed by atoms with Crippen molar-refractivity contribution in [1.29, 1.82) is 0 Å². The Balaban J connectivity index is 1.84. The predicted octanol–water partition coefficient (Wildman–Crippen LogP) is 2.75. The molecule has 0 unspecified atom stereocenters. The summed E-state index contributed by atoms with van der Waals surface area (Å²) in [5, 5.41) is 0. The zero-order chi connectivity index (χ0) is 11.2. The van der Waals surface area contributed by atoms with E-state index in [9.17, 15) is 0 Å². The minimum Gasteiger partial charge on any atom is -0.300 e. The van der Waals surface area contributed by atoms with Crippen molar-refractivity contribution in [3.8, 4) is 0 Å². The highest BCUT2D eigenvalue weighted by Gasteiger charge is 2.08. The molecule has 16 heavy (non-hydrogen) atoms. The van der Waals surface area contributed by atoms with Crippen LogP contribution in [0.15, 0.2) is 24.4 Å². The van der Waals surface area contributed by atoms with Gasteiger partial charge in [0.1, 0.15) is 0 Å². The third-order valence-electron chi connectivity index (χ3n) is 3.11. The number of pyridine rings is 1. The molecule has 0 radical (unpaired) electrons. The van der Waals surface area contributed by atoms with E-state index in [1.807, 2.05) is 6.20 Å². The summed E-state index contributed by atoms with van der Waals surface area (Å²) in [5.41, 5.74) is 2.37. The topological polar surface area (TPSA) is 16.1 Å². The van der Waals surface area contributed by atoms with Crippen molar-refractivity contribution in [1.82, 2.24) is 9.88 Å². The number of hydrogen-bond acceptors (Lipinski definition) is 2. The van der Waals surface area contributed by atoms with Crippen LogP contribution in [-0.4, -0.2) is 29.5 Å². The summed E-state index contributed by atoms with van der Waals surface area (Å²) < 4.78 is 0. The second kappa shape index (κ2) is 5.80. The number of hydrogen-bond donors (Lipinski definition) is 0. The van der Waals surface area contributed by atoms with E-state index < -0.39 is 0 Å². The fourth-order valence-electron chi connectivity index (χ4n) is 2.03. The van der Waals surface area contributed by atoms with Crippen LogP contribution in [0.25, 0.3) is 6.08 Å². The number of rotatable bonds is 4. The van der Waals surface area contributed by atoms with Crippen molar-refractivity contribution in [2.45, 2.75) is 26.2 Å². The average molecular weight is 216 g/mol. The van der Waals surface area contributed by atoms with E-state index >= 15 is 0 Å². The zero-order valence-electron chi connectivity index (χ0n) is 10.0.